The Morgan fingerprint density at radius 3 is 2.29 bits per heavy atom. The van der Waals surface area contributed by atoms with Gasteiger partial charge in [-0.25, -0.2) is 9.59 Å². The fraction of sp³-hybridized carbons (Fsp3) is 0.304. The zero-order chi connectivity index (χ0) is 19.3. The van der Waals surface area contributed by atoms with E-state index in [0.29, 0.717) is 18.4 Å². The van der Waals surface area contributed by atoms with Gasteiger partial charge in [-0.3, -0.25) is 4.90 Å². The molecule has 0 unspecified atom stereocenters. The van der Waals surface area contributed by atoms with Crippen LogP contribution in [-0.4, -0.2) is 40.8 Å². The number of hydrogen-bond acceptors (Lipinski definition) is 3. The molecule has 2 bridgehead atoms. The summed E-state index contributed by atoms with van der Waals surface area (Å²) in [4.78, 5) is 26.0. The SMILES string of the molecule is O=C(O)C1=CC[C@@H]2CC[C@H]1N2C(=O)OCC1c2ccccc2-c2ccccc21. The largest absolute Gasteiger partial charge is 0.478 e. The minimum absolute atomic E-state index is 0.00767. The van der Waals surface area contributed by atoms with Gasteiger partial charge in [0.1, 0.15) is 6.61 Å². The number of benzene rings is 2. The fourth-order valence-electron chi connectivity index (χ4n) is 4.99. The molecule has 2 aromatic rings. The van der Waals surface area contributed by atoms with Crippen LogP contribution in [-0.2, 0) is 9.53 Å². The summed E-state index contributed by atoms with van der Waals surface area (Å²) < 4.78 is 5.75. The van der Waals surface area contributed by atoms with Crippen LogP contribution in [0.5, 0.6) is 0 Å². The summed E-state index contributed by atoms with van der Waals surface area (Å²) >= 11 is 0. The third-order valence-electron chi connectivity index (χ3n) is 6.27. The molecule has 2 aromatic carbocycles. The predicted molar refractivity (Wildman–Crippen MR) is 104 cm³/mol. The molecular weight excluding hydrogens is 354 g/mol. The third-order valence-corrected chi connectivity index (χ3v) is 6.27. The molecule has 0 aromatic heterocycles. The Bertz CT molecular complexity index is 950. The highest BCUT2D eigenvalue weighted by molar-refractivity contribution is 5.89. The van der Waals surface area contributed by atoms with Gasteiger partial charge < -0.3 is 9.84 Å². The number of carbonyl (C=O) groups excluding carboxylic acids is 1. The molecule has 2 aliphatic heterocycles. The van der Waals surface area contributed by atoms with Crippen LogP contribution in [0.3, 0.4) is 0 Å². The molecule has 5 heteroatoms. The summed E-state index contributed by atoms with van der Waals surface area (Å²) in [6.07, 6.45) is 3.45. The van der Waals surface area contributed by atoms with E-state index in [4.69, 9.17) is 4.74 Å². The third kappa shape index (κ3) is 2.53. The number of carboxylic acids is 1. The second kappa shape index (κ2) is 6.51. The Labute approximate surface area is 163 Å². The van der Waals surface area contributed by atoms with Gasteiger partial charge in [0.2, 0.25) is 0 Å². The lowest BCUT2D eigenvalue weighted by Crippen LogP contribution is -2.46. The number of fused-ring (bicyclic) bond motifs is 5. The molecule has 0 spiro atoms. The van der Waals surface area contributed by atoms with E-state index < -0.39 is 12.1 Å². The molecule has 0 radical (unpaired) electrons. The molecule has 5 rings (SSSR count). The maximum atomic E-state index is 12.9. The van der Waals surface area contributed by atoms with Crippen LogP contribution < -0.4 is 0 Å². The van der Waals surface area contributed by atoms with Crippen molar-refractivity contribution >= 4 is 12.1 Å². The van der Waals surface area contributed by atoms with Crippen LogP contribution in [0.15, 0.2) is 60.2 Å². The molecule has 2 heterocycles. The van der Waals surface area contributed by atoms with E-state index >= 15 is 0 Å². The van der Waals surface area contributed by atoms with E-state index in [1.54, 1.807) is 11.0 Å². The van der Waals surface area contributed by atoms with Gasteiger partial charge in [-0.2, -0.15) is 0 Å². The van der Waals surface area contributed by atoms with E-state index in [0.717, 1.165) is 6.42 Å². The topological polar surface area (TPSA) is 66.8 Å². The number of carboxylic acid groups (broad SMARTS) is 1. The van der Waals surface area contributed by atoms with Gasteiger partial charge in [0.25, 0.3) is 0 Å². The first-order chi connectivity index (χ1) is 13.6. The quantitative estimate of drug-likeness (QED) is 0.874. The maximum absolute atomic E-state index is 12.9. The Balaban J connectivity index is 1.37. The van der Waals surface area contributed by atoms with Crippen molar-refractivity contribution in [3.8, 4) is 11.1 Å². The molecule has 142 valence electrons. The smallest absolute Gasteiger partial charge is 0.410 e. The first-order valence-corrected chi connectivity index (χ1v) is 9.72. The van der Waals surface area contributed by atoms with Crippen LogP contribution in [0.4, 0.5) is 4.79 Å². The summed E-state index contributed by atoms with van der Waals surface area (Å²) in [6.45, 7) is 0.259. The van der Waals surface area contributed by atoms with E-state index in [9.17, 15) is 14.7 Å². The number of nitrogens with zero attached hydrogens (tertiary/aromatic N) is 1. The molecule has 3 aliphatic rings. The van der Waals surface area contributed by atoms with Crippen molar-refractivity contribution in [3.05, 3.63) is 71.3 Å². The van der Waals surface area contributed by atoms with Gasteiger partial charge in [-0.1, -0.05) is 54.6 Å². The van der Waals surface area contributed by atoms with E-state index in [1.807, 2.05) is 24.3 Å². The summed E-state index contributed by atoms with van der Waals surface area (Å²) in [5, 5.41) is 9.43. The van der Waals surface area contributed by atoms with Gasteiger partial charge in [-0.15, -0.1) is 0 Å². The Morgan fingerprint density at radius 2 is 1.64 bits per heavy atom. The lowest BCUT2D eigenvalue weighted by molar-refractivity contribution is -0.133. The Hall–Kier alpha value is -3.08. The average molecular weight is 375 g/mol. The second-order valence-corrected chi connectivity index (χ2v) is 7.66. The zero-order valence-corrected chi connectivity index (χ0v) is 15.4. The predicted octanol–water partition coefficient (Wildman–Crippen LogP) is 4.18. The summed E-state index contributed by atoms with van der Waals surface area (Å²) in [5.41, 5.74) is 5.04. The number of carbonyl (C=O) groups is 2. The number of aliphatic carboxylic acids is 1. The van der Waals surface area contributed by atoms with Gasteiger partial charge in [-0.05, 0) is 41.5 Å². The highest BCUT2D eigenvalue weighted by Gasteiger charge is 2.44. The molecule has 0 saturated carbocycles. The monoisotopic (exact) mass is 375 g/mol. The van der Waals surface area contributed by atoms with Crippen LogP contribution >= 0.6 is 0 Å². The molecule has 2 atom stereocenters. The summed E-state index contributed by atoms with van der Waals surface area (Å²) in [6, 6.07) is 16.1. The Kier molecular flexibility index (Phi) is 3.97. The lowest BCUT2D eigenvalue weighted by Gasteiger charge is -2.33. The highest BCUT2D eigenvalue weighted by atomic mass is 16.6. The van der Waals surface area contributed by atoms with Crippen molar-refractivity contribution in [2.75, 3.05) is 6.61 Å². The van der Waals surface area contributed by atoms with Crippen LogP contribution in [0, 0.1) is 0 Å². The zero-order valence-electron chi connectivity index (χ0n) is 15.4. The first kappa shape index (κ1) is 17.0. The molecule has 1 amide bonds. The number of rotatable bonds is 3. The molecule has 1 fully saturated rings. The molecule has 1 saturated heterocycles. The van der Waals surface area contributed by atoms with Crippen molar-refractivity contribution in [1.29, 1.82) is 0 Å². The number of hydrogen-bond donors (Lipinski definition) is 1. The highest BCUT2D eigenvalue weighted by Crippen LogP contribution is 2.45. The van der Waals surface area contributed by atoms with Gasteiger partial charge >= 0.3 is 12.1 Å². The van der Waals surface area contributed by atoms with Crippen LogP contribution in [0.25, 0.3) is 11.1 Å². The van der Waals surface area contributed by atoms with Crippen molar-refractivity contribution in [3.63, 3.8) is 0 Å². The summed E-state index contributed by atoms with van der Waals surface area (Å²) in [7, 11) is 0. The fourth-order valence-corrected chi connectivity index (χ4v) is 4.99. The van der Waals surface area contributed by atoms with E-state index in [1.165, 1.54) is 22.3 Å². The lowest BCUT2D eigenvalue weighted by atomic mass is 9.98. The molecule has 1 aliphatic carbocycles. The van der Waals surface area contributed by atoms with Crippen LogP contribution in [0.2, 0.25) is 0 Å². The summed E-state index contributed by atoms with van der Waals surface area (Å²) in [5.74, 6) is -0.935. The number of ether oxygens (including phenoxy) is 1. The average Bonchev–Trinajstić information content (AvgIpc) is 3.19. The van der Waals surface area contributed by atoms with Gasteiger partial charge in [0.05, 0.1) is 11.6 Å². The van der Waals surface area contributed by atoms with Gasteiger partial charge in [0, 0.05) is 12.0 Å². The van der Waals surface area contributed by atoms with Crippen molar-refractivity contribution in [2.45, 2.75) is 37.3 Å². The number of amides is 1. The molecule has 1 N–H and O–H groups in total. The van der Waals surface area contributed by atoms with Crippen molar-refractivity contribution in [2.24, 2.45) is 0 Å². The van der Waals surface area contributed by atoms with Crippen molar-refractivity contribution < 1.29 is 19.4 Å². The maximum Gasteiger partial charge on any atom is 0.410 e. The minimum atomic E-state index is -0.943. The van der Waals surface area contributed by atoms with Crippen LogP contribution in [0.1, 0.15) is 36.3 Å². The standard InChI is InChI=1S/C23H21NO4/c25-22(26)19-11-9-14-10-12-21(19)24(14)23(27)28-13-20-17-7-3-1-5-15(17)16-6-2-4-8-18(16)20/h1-8,11,14,20-21H,9-10,12-13H2,(H,25,26)/t14-,21-/m1/s1. The first-order valence-electron chi connectivity index (χ1n) is 9.72. The van der Waals surface area contributed by atoms with Crippen molar-refractivity contribution in [1.82, 2.24) is 4.90 Å². The molecule has 5 nitrogen and oxygen atoms in total. The minimum Gasteiger partial charge on any atom is -0.478 e. The van der Waals surface area contributed by atoms with E-state index in [-0.39, 0.29) is 24.6 Å². The normalized spacial score (nSPS) is 22.4. The molecule has 28 heavy (non-hydrogen) atoms. The van der Waals surface area contributed by atoms with Gasteiger partial charge in [0.15, 0.2) is 0 Å². The second-order valence-electron chi connectivity index (χ2n) is 7.66. The molecular formula is C23H21NO4. The van der Waals surface area contributed by atoms with E-state index in [2.05, 4.69) is 24.3 Å². The Morgan fingerprint density at radius 1 is 1.00 bits per heavy atom.